The van der Waals surface area contributed by atoms with Crippen LogP contribution in [0.2, 0.25) is 0 Å². The van der Waals surface area contributed by atoms with Gasteiger partial charge in [-0.3, -0.25) is 19.5 Å². The molecule has 51 heavy (non-hydrogen) atoms. The lowest BCUT2D eigenvalue weighted by Crippen LogP contribution is -2.51. The molecule has 11 heteroatoms. The summed E-state index contributed by atoms with van der Waals surface area (Å²) in [6, 6.07) is 21.8. The van der Waals surface area contributed by atoms with Crippen molar-refractivity contribution >= 4 is 23.8 Å². The van der Waals surface area contributed by atoms with Crippen LogP contribution in [0.5, 0.6) is 0 Å². The number of Topliss-reactive ketones (excluding diaryl/α,β-unsaturated/α-hetero) is 1. The maximum absolute atomic E-state index is 13.8. The third kappa shape index (κ3) is 13.2. The Morgan fingerprint density at radius 3 is 1.82 bits per heavy atom. The van der Waals surface area contributed by atoms with Gasteiger partial charge in [0.25, 0.3) is 0 Å². The normalized spacial score (nSPS) is 15.2. The van der Waals surface area contributed by atoms with Crippen LogP contribution in [0.4, 0.5) is 4.79 Å². The van der Waals surface area contributed by atoms with Crippen molar-refractivity contribution in [2.45, 2.75) is 111 Å². The Morgan fingerprint density at radius 2 is 1.35 bits per heavy atom. The summed E-state index contributed by atoms with van der Waals surface area (Å²) in [7, 11) is 0. The van der Waals surface area contributed by atoms with Crippen LogP contribution in [-0.4, -0.2) is 74.8 Å². The summed E-state index contributed by atoms with van der Waals surface area (Å²) in [5.74, 6) is -3.67. The lowest BCUT2D eigenvalue weighted by molar-refractivity contribution is -0.180. The number of carbonyl (C=O) groups is 4. The average Bonchev–Trinajstić information content (AvgIpc) is 3.07. The zero-order chi connectivity index (χ0) is 37.7. The second-order valence-electron chi connectivity index (χ2n) is 14.3. The molecule has 0 spiro atoms. The molecule has 6 atom stereocenters. The Labute approximate surface area is 301 Å². The number of pyridine rings is 1. The summed E-state index contributed by atoms with van der Waals surface area (Å²) in [6.07, 6.45) is -0.689. The number of alkyl carbamates (subject to hydrolysis) is 1. The van der Waals surface area contributed by atoms with Crippen LogP contribution >= 0.6 is 0 Å². The molecule has 1 heterocycles. The monoisotopic (exact) mass is 703 g/mol. The van der Waals surface area contributed by atoms with Gasteiger partial charge in [0.2, 0.25) is 6.10 Å². The van der Waals surface area contributed by atoms with E-state index in [9.17, 15) is 24.3 Å². The van der Waals surface area contributed by atoms with Gasteiger partial charge < -0.3 is 24.6 Å². The first-order valence-corrected chi connectivity index (χ1v) is 17.4. The minimum Gasteiger partial charge on any atom is -0.457 e. The zero-order valence-corrected chi connectivity index (χ0v) is 30.9. The Hall–Kier alpha value is -4.61. The lowest BCUT2D eigenvalue weighted by Gasteiger charge is -2.37. The number of carbonyl (C=O) groups excluding carboxylic acids is 4. The van der Waals surface area contributed by atoms with E-state index in [1.54, 1.807) is 53.9 Å². The van der Waals surface area contributed by atoms with Crippen LogP contribution < -0.4 is 5.32 Å². The van der Waals surface area contributed by atoms with Gasteiger partial charge in [0, 0.05) is 37.4 Å². The Morgan fingerprint density at radius 1 is 0.804 bits per heavy atom. The molecule has 0 aliphatic heterocycles. The van der Waals surface area contributed by atoms with Crippen molar-refractivity contribution in [2.75, 3.05) is 0 Å². The molecule has 0 fully saturated rings. The number of aliphatic hydroxyl groups excluding tert-OH is 1. The van der Waals surface area contributed by atoms with Crippen molar-refractivity contribution in [3.8, 4) is 0 Å². The fraction of sp³-hybridized carbons (Fsp3) is 0.475. The fourth-order valence-electron chi connectivity index (χ4n) is 5.62. The summed E-state index contributed by atoms with van der Waals surface area (Å²) in [5.41, 5.74) is 2.15. The van der Waals surface area contributed by atoms with Gasteiger partial charge in [-0.1, -0.05) is 80.6 Å². The number of hydrogen-bond acceptors (Lipinski definition) is 10. The van der Waals surface area contributed by atoms with Crippen molar-refractivity contribution < 1.29 is 38.5 Å². The second kappa shape index (κ2) is 19.1. The molecule has 0 saturated heterocycles. The Balaban J connectivity index is 1.84. The van der Waals surface area contributed by atoms with Crippen LogP contribution in [0.3, 0.4) is 0 Å². The topological polar surface area (TPSA) is 144 Å². The third-order valence-electron chi connectivity index (χ3n) is 8.33. The minimum absolute atomic E-state index is 0.385. The van der Waals surface area contributed by atoms with Gasteiger partial charge in [-0.15, -0.1) is 0 Å². The molecule has 0 aliphatic rings. The largest absolute Gasteiger partial charge is 0.457 e. The number of nitrogens with one attached hydrogen (secondary N) is 1. The predicted octanol–water partition coefficient (Wildman–Crippen LogP) is 5.67. The highest BCUT2D eigenvalue weighted by molar-refractivity contribution is 5.87. The van der Waals surface area contributed by atoms with Crippen molar-refractivity contribution in [2.24, 2.45) is 11.8 Å². The van der Waals surface area contributed by atoms with Gasteiger partial charge in [0.1, 0.15) is 17.7 Å². The number of benzene rings is 2. The van der Waals surface area contributed by atoms with E-state index in [0.717, 1.165) is 16.7 Å². The number of ketones is 1. The van der Waals surface area contributed by atoms with Crippen molar-refractivity contribution in [3.63, 3.8) is 0 Å². The summed E-state index contributed by atoms with van der Waals surface area (Å²) < 4.78 is 16.6. The van der Waals surface area contributed by atoms with E-state index in [1.807, 2.05) is 72.8 Å². The zero-order valence-electron chi connectivity index (χ0n) is 30.9. The van der Waals surface area contributed by atoms with Gasteiger partial charge in [0.15, 0.2) is 5.78 Å². The smallest absolute Gasteiger partial charge is 0.408 e. The molecular formula is C40H53N3O8. The first-order chi connectivity index (χ1) is 24.1. The highest BCUT2D eigenvalue weighted by atomic mass is 16.6. The lowest BCUT2D eigenvalue weighted by atomic mass is 9.91. The van der Waals surface area contributed by atoms with Crippen LogP contribution in [-0.2, 0) is 48.1 Å². The Bertz CT molecular complexity index is 1500. The molecule has 0 bridgehead atoms. The predicted molar refractivity (Wildman–Crippen MR) is 193 cm³/mol. The second-order valence-corrected chi connectivity index (χ2v) is 14.3. The molecular weight excluding hydrogens is 650 g/mol. The number of nitrogens with zero attached hydrogens (tertiary/aromatic N) is 2. The molecule has 3 rings (SSSR count). The summed E-state index contributed by atoms with van der Waals surface area (Å²) in [4.78, 5) is 58.4. The molecule has 3 aromatic rings. The van der Waals surface area contributed by atoms with E-state index < -0.39 is 71.6 Å². The van der Waals surface area contributed by atoms with E-state index in [1.165, 1.54) is 13.8 Å². The van der Waals surface area contributed by atoms with Gasteiger partial charge in [-0.2, -0.15) is 0 Å². The maximum Gasteiger partial charge on any atom is 0.408 e. The summed E-state index contributed by atoms with van der Waals surface area (Å²) in [6.45, 7) is 13.7. The molecule has 1 aromatic heterocycles. The van der Waals surface area contributed by atoms with Gasteiger partial charge in [-0.25, -0.2) is 9.59 Å². The quantitative estimate of drug-likeness (QED) is 0.133. The average molecular weight is 704 g/mol. The van der Waals surface area contributed by atoms with E-state index in [-0.39, 0.29) is 0 Å². The van der Waals surface area contributed by atoms with E-state index in [2.05, 4.69) is 15.2 Å². The number of hydrogen-bond donors (Lipinski definition) is 2. The maximum atomic E-state index is 13.8. The Kier molecular flexibility index (Phi) is 15.3. The van der Waals surface area contributed by atoms with Crippen molar-refractivity contribution in [1.29, 1.82) is 0 Å². The SMILES string of the molecule is CC(=O)[C@@H](NC(=O)OC(C)(C)C)[C@@H](C)OC(=O)[C@@H](OC(=O)[C@H](C)[C@H](O)[C@H](Cc1cccnc1)N(Cc1ccccc1)Cc1ccccc1)C(C)C. The first-order valence-electron chi connectivity index (χ1n) is 17.4. The fourth-order valence-corrected chi connectivity index (χ4v) is 5.62. The number of amides is 1. The molecule has 1 amide bonds. The molecule has 0 unspecified atom stereocenters. The molecule has 276 valence electrons. The standard InChI is InChI=1S/C40H53N3O8/c1-26(2)36(38(47)49-29(5)34(28(4)44)42-39(48)51-40(6,7)8)50-37(46)27(3)35(45)33(22-32-20-15-21-41-23-32)43(24-30-16-11-9-12-17-30)25-31-18-13-10-14-19-31/h9-21,23,26-27,29,33-36,45H,22,24-25H2,1-8H3,(H,42,48)/t27-,29-,33+,34-,35+,36+/m1/s1. The van der Waals surface area contributed by atoms with Crippen LogP contribution in [0.1, 0.15) is 72.1 Å². The molecule has 11 nitrogen and oxygen atoms in total. The van der Waals surface area contributed by atoms with Crippen LogP contribution in [0.15, 0.2) is 85.2 Å². The molecule has 2 N–H and O–H groups in total. The van der Waals surface area contributed by atoms with Gasteiger partial charge in [-0.05, 0) is 70.7 Å². The third-order valence-corrected chi connectivity index (χ3v) is 8.33. The highest BCUT2D eigenvalue weighted by Crippen LogP contribution is 2.25. The molecule has 0 saturated carbocycles. The summed E-state index contributed by atoms with van der Waals surface area (Å²) in [5, 5.41) is 14.5. The first kappa shape index (κ1) is 40.8. The summed E-state index contributed by atoms with van der Waals surface area (Å²) >= 11 is 0. The van der Waals surface area contributed by atoms with Crippen LogP contribution in [0.25, 0.3) is 0 Å². The minimum atomic E-state index is -1.34. The molecule has 2 aromatic carbocycles. The van der Waals surface area contributed by atoms with E-state index in [0.29, 0.717) is 19.5 Å². The number of rotatable bonds is 17. The number of esters is 2. The molecule has 0 aliphatic carbocycles. The number of aliphatic hydroxyl groups is 1. The molecule has 0 radical (unpaired) electrons. The van der Waals surface area contributed by atoms with Gasteiger partial charge >= 0.3 is 18.0 Å². The van der Waals surface area contributed by atoms with Crippen LogP contribution in [0, 0.1) is 11.8 Å². The number of ether oxygens (including phenoxy) is 3. The van der Waals surface area contributed by atoms with Crippen molar-refractivity contribution in [1.82, 2.24) is 15.2 Å². The highest BCUT2D eigenvalue weighted by Gasteiger charge is 2.39. The van der Waals surface area contributed by atoms with Crippen molar-refractivity contribution in [3.05, 3.63) is 102 Å². The van der Waals surface area contributed by atoms with E-state index >= 15 is 0 Å². The van der Waals surface area contributed by atoms with Gasteiger partial charge in [0.05, 0.1) is 12.0 Å². The van der Waals surface area contributed by atoms with E-state index in [4.69, 9.17) is 14.2 Å². The number of aromatic nitrogens is 1.